The van der Waals surface area contributed by atoms with Gasteiger partial charge in [0.2, 0.25) is 0 Å². The summed E-state index contributed by atoms with van der Waals surface area (Å²) in [6, 6.07) is 12.5. The number of ether oxygens (including phenoxy) is 2. The number of benzene rings is 2. The lowest BCUT2D eigenvalue weighted by Gasteiger charge is -2.15. The summed E-state index contributed by atoms with van der Waals surface area (Å²) < 4.78 is 13.0. The Kier molecular flexibility index (Phi) is 6.55. The molecule has 0 aliphatic heterocycles. The van der Waals surface area contributed by atoms with Gasteiger partial charge in [0, 0.05) is 18.0 Å². The van der Waals surface area contributed by atoms with Crippen LogP contribution < -0.4 is 14.8 Å². The van der Waals surface area contributed by atoms with Gasteiger partial charge in [-0.2, -0.15) is 5.10 Å². The number of nitrogens with one attached hydrogen (secondary N) is 1. The number of amides is 1. The number of halogens is 1. The van der Waals surface area contributed by atoms with E-state index in [0.717, 1.165) is 12.1 Å². The van der Waals surface area contributed by atoms with E-state index in [1.165, 1.54) is 0 Å². The molecule has 0 unspecified atom stereocenters. The van der Waals surface area contributed by atoms with Gasteiger partial charge in [-0.1, -0.05) is 30.7 Å². The van der Waals surface area contributed by atoms with Crippen LogP contribution in [0.5, 0.6) is 11.5 Å². The number of carbonyl (C=O) groups is 1. The maximum absolute atomic E-state index is 12.9. The molecule has 2 aromatic carbocycles. The predicted octanol–water partition coefficient (Wildman–Crippen LogP) is 4.97. The minimum absolute atomic E-state index is 0.301. The Morgan fingerprint density at radius 1 is 1.18 bits per heavy atom. The van der Waals surface area contributed by atoms with Gasteiger partial charge in [0.05, 0.1) is 29.6 Å². The Bertz CT molecular complexity index is 942. The van der Waals surface area contributed by atoms with Crippen LogP contribution >= 0.6 is 11.6 Å². The third-order valence-corrected chi connectivity index (χ3v) is 4.21. The van der Waals surface area contributed by atoms with Gasteiger partial charge >= 0.3 is 0 Å². The highest BCUT2D eigenvalue weighted by Crippen LogP contribution is 2.37. The molecular weight excluding hydrogens is 378 g/mol. The first-order chi connectivity index (χ1) is 13.6. The molecule has 3 rings (SSSR count). The summed E-state index contributed by atoms with van der Waals surface area (Å²) in [6.07, 6.45) is 4.34. The zero-order valence-electron chi connectivity index (χ0n) is 15.8. The number of para-hydroxylation sites is 2. The van der Waals surface area contributed by atoms with Gasteiger partial charge in [-0.3, -0.25) is 4.79 Å². The summed E-state index contributed by atoms with van der Waals surface area (Å²) in [6.45, 7) is 4.83. The third-order valence-electron chi connectivity index (χ3n) is 3.93. The van der Waals surface area contributed by atoms with Gasteiger partial charge in [-0.05, 0) is 43.7 Å². The van der Waals surface area contributed by atoms with Gasteiger partial charge in [0.15, 0.2) is 11.5 Å². The third kappa shape index (κ3) is 4.46. The van der Waals surface area contributed by atoms with Crippen molar-refractivity contribution in [3.05, 3.63) is 65.4 Å². The molecule has 146 valence electrons. The largest absolute Gasteiger partial charge is 0.490 e. The normalized spacial score (nSPS) is 10.5. The molecule has 1 aromatic heterocycles. The molecule has 0 aliphatic carbocycles. The van der Waals surface area contributed by atoms with Gasteiger partial charge in [0.1, 0.15) is 0 Å². The van der Waals surface area contributed by atoms with Gasteiger partial charge < -0.3 is 14.8 Å². The lowest BCUT2D eigenvalue weighted by molar-refractivity contribution is 0.102. The summed E-state index contributed by atoms with van der Waals surface area (Å²) in [7, 11) is 0. The van der Waals surface area contributed by atoms with Crippen LogP contribution in [0.15, 0.2) is 54.9 Å². The van der Waals surface area contributed by atoms with Crippen molar-refractivity contribution in [2.45, 2.75) is 20.3 Å². The van der Waals surface area contributed by atoms with Crippen molar-refractivity contribution >= 4 is 23.2 Å². The number of anilines is 1. The fraction of sp³-hybridized carbons (Fsp3) is 0.238. The van der Waals surface area contributed by atoms with E-state index in [4.69, 9.17) is 21.1 Å². The molecule has 0 fully saturated rings. The topological polar surface area (TPSA) is 65.4 Å². The van der Waals surface area contributed by atoms with Crippen molar-refractivity contribution in [2.24, 2.45) is 0 Å². The smallest absolute Gasteiger partial charge is 0.255 e. The molecule has 0 saturated heterocycles. The maximum atomic E-state index is 12.9. The Hall–Kier alpha value is -2.99. The molecule has 0 radical (unpaired) electrons. The van der Waals surface area contributed by atoms with Crippen LogP contribution in [0.2, 0.25) is 5.02 Å². The number of rotatable bonds is 8. The SMILES string of the molecule is CCCOc1c(Cl)cc(C(=O)Nc2ccccc2-n2cccn2)cc1OCC. The fourth-order valence-electron chi connectivity index (χ4n) is 2.69. The van der Waals surface area contributed by atoms with Gasteiger partial charge in [0.25, 0.3) is 5.91 Å². The first kappa shape index (κ1) is 19.8. The van der Waals surface area contributed by atoms with Crippen LogP contribution in [0.4, 0.5) is 5.69 Å². The van der Waals surface area contributed by atoms with Gasteiger partial charge in [-0.15, -0.1) is 0 Å². The van der Waals surface area contributed by atoms with E-state index in [1.807, 2.05) is 50.4 Å². The van der Waals surface area contributed by atoms with E-state index in [0.29, 0.717) is 41.0 Å². The molecule has 28 heavy (non-hydrogen) atoms. The van der Waals surface area contributed by atoms with Crippen molar-refractivity contribution < 1.29 is 14.3 Å². The lowest BCUT2D eigenvalue weighted by Crippen LogP contribution is -2.14. The number of hydrogen-bond donors (Lipinski definition) is 1. The first-order valence-electron chi connectivity index (χ1n) is 9.13. The van der Waals surface area contributed by atoms with E-state index in [-0.39, 0.29) is 5.91 Å². The number of hydrogen-bond acceptors (Lipinski definition) is 4. The Morgan fingerprint density at radius 3 is 2.71 bits per heavy atom. The highest BCUT2D eigenvalue weighted by atomic mass is 35.5. The van der Waals surface area contributed by atoms with Crippen molar-refractivity contribution in [1.82, 2.24) is 9.78 Å². The highest BCUT2D eigenvalue weighted by Gasteiger charge is 2.17. The molecule has 0 bridgehead atoms. The summed E-state index contributed by atoms with van der Waals surface area (Å²) >= 11 is 6.37. The molecule has 0 aliphatic rings. The lowest BCUT2D eigenvalue weighted by atomic mass is 10.1. The van der Waals surface area contributed by atoms with E-state index in [2.05, 4.69) is 10.4 Å². The molecule has 7 heteroatoms. The van der Waals surface area contributed by atoms with Crippen LogP contribution in [0.3, 0.4) is 0 Å². The summed E-state index contributed by atoms with van der Waals surface area (Å²) in [4.78, 5) is 12.9. The average molecular weight is 400 g/mol. The second kappa shape index (κ2) is 9.28. The van der Waals surface area contributed by atoms with Gasteiger partial charge in [-0.25, -0.2) is 4.68 Å². The molecule has 6 nitrogen and oxygen atoms in total. The second-order valence-electron chi connectivity index (χ2n) is 5.99. The highest BCUT2D eigenvalue weighted by molar-refractivity contribution is 6.32. The van der Waals surface area contributed by atoms with E-state index < -0.39 is 0 Å². The van der Waals surface area contributed by atoms with Crippen molar-refractivity contribution in [3.63, 3.8) is 0 Å². The second-order valence-corrected chi connectivity index (χ2v) is 6.40. The molecule has 0 spiro atoms. The number of aromatic nitrogens is 2. The van der Waals surface area contributed by atoms with Crippen LogP contribution in [0.25, 0.3) is 5.69 Å². The standard InChI is InChI=1S/C21H22ClN3O3/c1-3-12-28-20-16(22)13-15(14-19(20)27-4-2)21(26)24-17-8-5-6-9-18(17)25-11-7-10-23-25/h5-11,13-14H,3-4,12H2,1-2H3,(H,24,26). The van der Waals surface area contributed by atoms with E-state index in [1.54, 1.807) is 23.0 Å². The molecule has 0 atom stereocenters. The first-order valence-corrected chi connectivity index (χ1v) is 9.51. The number of nitrogens with zero attached hydrogens (tertiary/aromatic N) is 2. The van der Waals surface area contributed by atoms with Crippen molar-refractivity contribution in [3.8, 4) is 17.2 Å². The molecule has 1 heterocycles. The molecular formula is C21H22ClN3O3. The molecule has 3 aromatic rings. The fourth-order valence-corrected chi connectivity index (χ4v) is 2.96. The monoisotopic (exact) mass is 399 g/mol. The average Bonchev–Trinajstić information content (AvgIpc) is 3.22. The Labute approximate surface area is 169 Å². The van der Waals surface area contributed by atoms with Crippen molar-refractivity contribution in [2.75, 3.05) is 18.5 Å². The Morgan fingerprint density at radius 2 is 2.00 bits per heavy atom. The Balaban J connectivity index is 1.89. The predicted molar refractivity (Wildman–Crippen MR) is 110 cm³/mol. The number of carbonyl (C=O) groups excluding carboxylic acids is 1. The maximum Gasteiger partial charge on any atom is 0.255 e. The molecule has 0 saturated carbocycles. The molecule has 1 amide bonds. The summed E-state index contributed by atoms with van der Waals surface area (Å²) in [5.41, 5.74) is 1.78. The van der Waals surface area contributed by atoms with E-state index in [9.17, 15) is 4.79 Å². The van der Waals surface area contributed by atoms with Crippen molar-refractivity contribution in [1.29, 1.82) is 0 Å². The van der Waals surface area contributed by atoms with Crippen LogP contribution in [0, 0.1) is 0 Å². The molecule has 1 N–H and O–H groups in total. The summed E-state index contributed by atoms with van der Waals surface area (Å²) in [5, 5.41) is 7.48. The minimum Gasteiger partial charge on any atom is -0.490 e. The zero-order valence-corrected chi connectivity index (χ0v) is 16.6. The van der Waals surface area contributed by atoms with E-state index >= 15 is 0 Å². The quantitative estimate of drug-likeness (QED) is 0.581. The zero-order chi connectivity index (χ0) is 19.9. The summed E-state index contributed by atoms with van der Waals surface area (Å²) in [5.74, 6) is 0.609. The van der Waals surface area contributed by atoms with Crippen LogP contribution in [0.1, 0.15) is 30.6 Å². The van der Waals surface area contributed by atoms with Crippen LogP contribution in [-0.2, 0) is 0 Å². The minimum atomic E-state index is -0.301. The van der Waals surface area contributed by atoms with Crippen LogP contribution in [-0.4, -0.2) is 28.9 Å².